The van der Waals surface area contributed by atoms with Crippen molar-refractivity contribution < 1.29 is 32.5 Å². The summed E-state index contributed by atoms with van der Waals surface area (Å²) >= 11 is 0. The Bertz CT molecular complexity index is 518. The molecule has 200 valence electrons. The molecule has 0 rings (SSSR count). The van der Waals surface area contributed by atoms with Crippen molar-refractivity contribution in [1.82, 2.24) is 4.90 Å². The minimum absolute atomic E-state index is 0.0833. The van der Waals surface area contributed by atoms with Gasteiger partial charge in [-0.05, 0) is 52.9 Å². The molecule has 0 radical (unpaired) electrons. The summed E-state index contributed by atoms with van der Waals surface area (Å²) in [4.78, 5) is 1.17. The first-order valence-electron chi connectivity index (χ1n) is 12.6. The molecule has 4 N–H and O–H groups in total. The van der Waals surface area contributed by atoms with E-state index in [0.29, 0.717) is 6.42 Å². The molecule has 0 amide bonds. The van der Waals surface area contributed by atoms with Gasteiger partial charge in [-0.3, -0.25) is 4.55 Å². The van der Waals surface area contributed by atoms with Gasteiger partial charge in [-0.15, -0.1) is 0 Å². The van der Waals surface area contributed by atoms with Gasteiger partial charge in [0.15, 0.2) is 0 Å². The van der Waals surface area contributed by atoms with Crippen molar-refractivity contribution in [3.63, 3.8) is 0 Å². The predicted molar refractivity (Wildman–Crippen MR) is 134 cm³/mol. The monoisotopic (exact) mass is 497 g/mol. The summed E-state index contributed by atoms with van der Waals surface area (Å²) in [7, 11) is -4.25. The molecule has 0 aliphatic carbocycles. The first kappa shape index (κ1) is 34.6. The van der Waals surface area contributed by atoms with E-state index in [4.69, 9.17) is 19.9 Å². The lowest BCUT2D eigenvalue weighted by molar-refractivity contribution is -0.159. The molecular formula is C24H51NO7S. The number of allylic oxidation sites excluding steroid dienone is 2. The number of aliphatic hydroxyl groups is 3. The third-order valence-electron chi connectivity index (χ3n) is 5.18. The maximum atomic E-state index is 10.3. The van der Waals surface area contributed by atoms with Crippen LogP contribution in [0.1, 0.15) is 118 Å². The Morgan fingerprint density at radius 1 is 0.697 bits per heavy atom. The number of rotatable bonds is 20. The molecule has 9 heteroatoms. The van der Waals surface area contributed by atoms with E-state index in [9.17, 15) is 8.42 Å². The highest BCUT2D eigenvalue weighted by Crippen LogP contribution is 2.10. The summed E-state index contributed by atoms with van der Waals surface area (Å²) in [6.07, 6.45) is 19.0. The number of hydrogen-bond donors (Lipinski definition) is 4. The standard InChI is InChI=1S/C18H36O4S.C6H15NO3/c1-2-3-4-5-6-7-8-9-10-11-12-13-14-15-16-17-18-22-23(19,20)21;1-4(8)7(5(2)9)6(3)10/h9-10H,2-8,11-18H2,1H3,(H,19,20,21);4-6,8-10H,1-3H3/b10-9-;. The Morgan fingerprint density at radius 3 is 1.39 bits per heavy atom. The number of unbranched alkanes of at least 4 members (excludes halogenated alkanes) is 12. The average Bonchev–Trinajstić information content (AvgIpc) is 2.69. The second-order valence-corrected chi connectivity index (χ2v) is 9.62. The molecule has 0 aliphatic rings. The first-order valence-corrected chi connectivity index (χ1v) is 14.0. The molecular weight excluding hydrogens is 446 g/mol. The fourth-order valence-electron chi connectivity index (χ4n) is 3.45. The van der Waals surface area contributed by atoms with Crippen LogP contribution in [0.4, 0.5) is 0 Å². The third-order valence-corrected chi connectivity index (χ3v) is 5.65. The Morgan fingerprint density at radius 2 is 1.06 bits per heavy atom. The molecule has 0 fully saturated rings. The maximum absolute atomic E-state index is 10.3. The van der Waals surface area contributed by atoms with Gasteiger partial charge < -0.3 is 15.3 Å². The van der Waals surface area contributed by atoms with Gasteiger partial charge in [0.25, 0.3) is 0 Å². The molecule has 0 saturated heterocycles. The van der Waals surface area contributed by atoms with E-state index >= 15 is 0 Å². The second kappa shape index (κ2) is 23.2. The lowest BCUT2D eigenvalue weighted by atomic mass is 10.1. The van der Waals surface area contributed by atoms with Gasteiger partial charge in [0.05, 0.1) is 6.61 Å². The average molecular weight is 498 g/mol. The van der Waals surface area contributed by atoms with Crippen LogP contribution in [0.2, 0.25) is 0 Å². The Kier molecular flexibility index (Phi) is 24.3. The quantitative estimate of drug-likeness (QED) is 0.0787. The van der Waals surface area contributed by atoms with Crippen LogP contribution in [0.5, 0.6) is 0 Å². The summed E-state index contributed by atoms with van der Waals surface area (Å²) in [5.41, 5.74) is 0. The van der Waals surface area contributed by atoms with Gasteiger partial charge in [0.2, 0.25) is 0 Å². The van der Waals surface area contributed by atoms with E-state index in [-0.39, 0.29) is 6.61 Å². The topological polar surface area (TPSA) is 128 Å². The van der Waals surface area contributed by atoms with Crippen molar-refractivity contribution in [2.24, 2.45) is 0 Å². The fourth-order valence-corrected chi connectivity index (χ4v) is 3.78. The predicted octanol–water partition coefficient (Wildman–Crippen LogP) is 5.15. The lowest BCUT2D eigenvalue weighted by Crippen LogP contribution is -2.45. The smallest absolute Gasteiger partial charge is 0.379 e. The van der Waals surface area contributed by atoms with Crippen LogP contribution >= 0.6 is 0 Å². The Labute approximate surface area is 203 Å². The highest BCUT2D eigenvalue weighted by atomic mass is 32.3. The van der Waals surface area contributed by atoms with E-state index in [1.54, 1.807) is 0 Å². The number of hydrogen-bond acceptors (Lipinski definition) is 7. The Balaban J connectivity index is 0. The summed E-state index contributed by atoms with van der Waals surface area (Å²) in [5, 5.41) is 26.9. The van der Waals surface area contributed by atoms with Crippen molar-refractivity contribution in [2.45, 2.75) is 136 Å². The van der Waals surface area contributed by atoms with Gasteiger partial charge >= 0.3 is 10.4 Å². The molecule has 3 unspecified atom stereocenters. The van der Waals surface area contributed by atoms with Crippen molar-refractivity contribution in [1.29, 1.82) is 0 Å². The molecule has 0 aromatic carbocycles. The SMILES string of the molecule is CC(O)N(C(C)O)C(C)O.CCCCCCCC/C=C\CCCCCCCCOS(=O)(=O)O. The van der Waals surface area contributed by atoms with Crippen molar-refractivity contribution >= 4 is 10.4 Å². The summed E-state index contributed by atoms with van der Waals surface area (Å²) in [6, 6.07) is 0. The van der Waals surface area contributed by atoms with Crippen LogP contribution in [-0.2, 0) is 14.6 Å². The second-order valence-electron chi connectivity index (χ2n) is 8.53. The zero-order valence-electron chi connectivity index (χ0n) is 21.4. The molecule has 8 nitrogen and oxygen atoms in total. The van der Waals surface area contributed by atoms with Crippen LogP contribution in [-0.4, -0.2) is 58.5 Å². The highest BCUT2D eigenvalue weighted by molar-refractivity contribution is 7.80. The molecule has 0 bridgehead atoms. The maximum Gasteiger partial charge on any atom is 0.397 e. The number of aliphatic hydroxyl groups excluding tert-OH is 3. The molecule has 33 heavy (non-hydrogen) atoms. The molecule has 0 aromatic rings. The highest BCUT2D eigenvalue weighted by Gasteiger charge is 2.20. The van der Waals surface area contributed by atoms with Crippen LogP contribution in [0.25, 0.3) is 0 Å². The summed E-state index contributed by atoms with van der Waals surface area (Å²) in [5.74, 6) is 0. The summed E-state index contributed by atoms with van der Waals surface area (Å²) < 4.78 is 33.3. The molecule has 0 spiro atoms. The van der Waals surface area contributed by atoms with E-state index in [1.165, 1.54) is 96.3 Å². The van der Waals surface area contributed by atoms with Gasteiger partial charge in [-0.1, -0.05) is 76.9 Å². The zero-order chi connectivity index (χ0) is 25.5. The third kappa shape index (κ3) is 27.6. The summed E-state index contributed by atoms with van der Waals surface area (Å²) in [6.45, 7) is 6.79. The van der Waals surface area contributed by atoms with Crippen LogP contribution < -0.4 is 0 Å². The van der Waals surface area contributed by atoms with Crippen molar-refractivity contribution in [2.75, 3.05) is 6.61 Å². The van der Waals surface area contributed by atoms with Gasteiger partial charge in [0, 0.05) is 0 Å². The molecule has 3 atom stereocenters. The van der Waals surface area contributed by atoms with Crippen molar-refractivity contribution in [3.8, 4) is 0 Å². The minimum atomic E-state index is -4.25. The van der Waals surface area contributed by atoms with E-state index in [2.05, 4.69) is 23.3 Å². The molecule has 0 aromatic heterocycles. The van der Waals surface area contributed by atoms with E-state index < -0.39 is 29.1 Å². The molecule has 0 heterocycles. The zero-order valence-corrected chi connectivity index (χ0v) is 22.2. The normalized spacial score (nSPS) is 14.8. The van der Waals surface area contributed by atoms with Crippen LogP contribution in [0.15, 0.2) is 12.2 Å². The number of nitrogens with zero attached hydrogens (tertiary/aromatic N) is 1. The fraction of sp³-hybridized carbons (Fsp3) is 0.917. The van der Waals surface area contributed by atoms with Crippen LogP contribution in [0.3, 0.4) is 0 Å². The molecule has 0 saturated carbocycles. The van der Waals surface area contributed by atoms with E-state index in [1.807, 2.05) is 0 Å². The Hall–Kier alpha value is -0.550. The largest absolute Gasteiger partial charge is 0.397 e. The van der Waals surface area contributed by atoms with Gasteiger partial charge in [-0.2, -0.15) is 8.42 Å². The lowest BCUT2D eigenvalue weighted by Gasteiger charge is -2.30. The van der Waals surface area contributed by atoms with E-state index in [0.717, 1.165) is 12.8 Å². The first-order chi connectivity index (χ1) is 15.5. The van der Waals surface area contributed by atoms with Crippen molar-refractivity contribution in [3.05, 3.63) is 12.2 Å². The van der Waals surface area contributed by atoms with Gasteiger partial charge in [0.1, 0.15) is 18.7 Å². The minimum Gasteiger partial charge on any atom is -0.379 e. The van der Waals surface area contributed by atoms with Crippen LogP contribution in [0, 0.1) is 0 Å². The molecule has 0 aliphatic heterocycles. The van der Waals surface area contributed by atoms with Gasteiger partial charge in [-0.25, -0.2) is 9.08 Å².